The van der Waals surface area contributed by atoms with E-state index in [0.29, 0.717) is 0 Å². The molecule has 0 N–H and O–H groups in total. The minimum atomic E-state index is 0.736. The molecule has 1 fully saturated rings. The molecule has 0 atom stereocenters. The van der Waals surface area contributed by atoms with Crippen LogP contribution in [0.5, 0.6) is 0 Å². The van der Waals surface area contributed by atoms with Crippen molar-refractivity contribution >= 4 is 11.8 Å². The second-order valence-corrected chi connectivity index (χ2v) is 4.69. The molecule has 1 aromatic carbocycles. The molecular formula is C11H14OS. The maximum Gasteiger partial charge on any atom is 0.0608 e. The van der Waals surface area contributed by atoms with Crippen LogP contribution in [0, 0.1) is 6.92 Å². The van der Waals surface area contributed by atoms with Crippen LogP contribution in [-0.2, 0) is 10.5 Å². The number of thioether (sulfide) groups is 1. The van der Waals surface area contributed by atoms with Gasteiger partial charge in [-0.1, -0.05) is 24.3 Å². The van der Waals surface area contributed by atoms with Crippen molar-refractivity contribution in [2.24, 2.45) is 0 Å². The third-order valence-corrected chi connectivity index (χ3v) is 3.56. The van der Waals surface area contributed by atoms with Crippen molar-refractivity contribution in [2.75, 3.05) is 13.2 Å². The lowest BCUT2D eigenvalue weighted by molar-refractivity contribution is 0.0455. The molecule has 0 unspecified atom stereocenters. The SMILES string of the molecule is Cc1ccccc1CSC1COC1. The molecule has 1 nitrogen and oxygen atoms in total. The third kappa shape index (κ3) is 2.26. The highest BCUT2D eigenvalue weighted by Gasteiger charge is 2.18. The molecule has 1 aromatic rings. The minimum absolute atomic E-state index is 0.736. The number of hydrogen-bond donors (Lipinski definition) is 0. The summed E-state index contributed by atoms with van der Waals surface area (Å²) in [4.78, 5) is 0. The lowest BCUT2D eigenvalue weighted by Crippen LogP contribution is -2.30. The maximum atomic E-state index is 5.13. The van der Waals surface area contributed by atoms with Gasteiger partial charge in [0.25, 0.3) is 0 Å². The van der Waals surface area contributed by atoms with E-state index < -0.39 is 0 Å². The van der Waals surface area contributed by atoms with Crippen molar-refractivity contribution in [3.05, 3.63) is 35.4 Å². The molecule has 1 saturated heterocycles. The van der Waals surface area contributed by atoms with Crippen LogP contribution in [0.1, 0.15) is 11.1 Å². The van der Waals surface area contributed by atoms with Gasteiger partial charge in [-0.05, 0) is 18.1 Å². The molecule has 0 radical (unpaired) electrons. The van der Waals surface area contributed by atoms with Crippen molar-refractivity contribution in [3.8, 4) is 0 Å². The molecule has 0 saturated carbocycles. The summed E-state index contributed by atoms with van der Waals surface area (Å²) in [6.45, 7) is 4.06. The van der Waals surface area contributed by atoms with Gasteiger partial charge in [0.2, 0.25) is 0 Å². The molecule has 1 heterocycles. The predicted molar refractivity (Wildman–Crippen MR) is 57.1 cm³/mol. The summed E-state index contributed by atoms with van der Waals surface area (Å²) in [7, 11) is 0. The molecule has 0 spiro atoms. The second kappa shape index (κ2) is 4.16. The highest BCUT2D eigenvalue weighted by Crippen LogP contribution is 2.24. The van der Waals surface area contributed by atoms with Crippen molar-refractivity contribution in [1.29, 1.82) is 0 Å². The van der Waals surface area contributed by atoms with Crippen LogP contribution >= 0.6 is 11.8 Å². The average Bonchev–Trinajstić information content (AvgIpc) is 2.05. The molecule has 0 aromatic heterocycles. The van der Waals surface area contributed by atoms with Crippen molar-refractivity contribution in [3.63, 3.8) is 0 Å². The summed E-state index contributed by atoms with van der Waals surface area (Å²) in [6.07, 6.45) is 0. The summed E-state index contributed by atoms with van der Waals surface area (Å²) < 4.78 is 5.13. The first-order valence-electron chi connectivity index (χ1n) is 4.60. The van der Waals surface area contributed by atoms with Gasteiger partial charge in [-0.2, -0.15) is 0 Å². The number of ether oxygens (including phenoxy) is 1. The maximum absolute atomic E-state index is 5.13. The molecule has 13 heavy (non-hydrogen) atoms. The van der Waals surface area contributed by atoms with E-state index in [1.807, 2.05) is 11.8 Å². The zero-order valence-corrected chi connectivity index (χ0v) is 8.64. The summed E-state index contributed by atoms with van der Waals surface area (Å²) in [5.74, 6) is 1.13. The Morgan fingerprint density at radius 1 is 1.38 bits per heavy atom. The molecule has 70 valence electrons. The van der Waals surface area contributed by atoms with Crippen LogP contribution in [-0.4, -0.2) is 18.5 Å². The Labute approximate surface area is 83.5 Å². The van der Waals surface area contributed by atoms with E-state index in [1.54, 1.807) is 0 Å². The Balaban J connectivity index is 1.89. The van der Waals surface area contributed by atoms with Crippen LogP contribution < -0.4 is 0 Å². The first kappa shape index (κ1) is 9.10. The monoisotopic (exact) mass is 194 g/mol. The van der Waals surface area contributed by atoms with Crippen LogP contribution in [0.3, 0.4) is 0 Å². The van der Waals surface area contributed by atoms with Gasteiger partial charge >= 0.3 is 0 Å². The highest BCUT2D eigenvalue weighted by molar-refractivity contribution is 7.99. The summed E-state index contributed by atoms with van der Waals surface area (Å²) in [5, 5.41) is 0.736. The van der Waals surface area contributed by atoms with E-state index in [4.69, 9.17) is 4.74 Å². The van der Waals surface area contributed by atoms with Gasteiger partial charge in [0.15, 0.2) is 0 Å². The van der Waals surface area contributed by atoms with Crippen LogP contribution in [0.25, 0.3) is 0 Å². The van der Waals surface area contributed by atoms with E-state index in [9.17, 15) is 0 Å². The summed E-state index contributed by atoms with van der Waals surface area (Å²) in [5.41, 5.74) is 2.86. The Morgan fingerprint density at radius 3 is 2.77 bits per heavy atom. The number of aryl methyl sites for hydroxylation is 1. The lowest BCUT2D eigenvalue weighted by atomic mass is 10.1. The number of benzene rings is 1. The Bertz CT molecular complexity index is 281. The first-order valence-corrected chi connectivity index (χ1v) is 5.65. The van der Waals surface area contributed by atoms with Gasteiger partial charge in [-0.3, -0.25) is 0 Å². The molecule has 0 amide bonds. The number of hydrogen-bond acceptors (Lipinski definition) is 2. The van der Waals surface area contributed by atoms with Gasteiger partial charge in [-0.25, -0.2) is 0 Å². The van der Waals surface area contributed by atoms with Gasteiger partial charge in [-0.15, -0.1) is 11.8 Å². The molecule has 0 aliphatic carbocycles. The third-order valence-electron chi connectivity index (χ3n) is 2.34. The van der Waals surface area contributed by atoms with Gasteiger partial charge < -0.3 is 4.74 Å². The first-order chi connectivity index (χ1) is 6.36. The van der Waals surface area contributed by atoms with Crippen LogP contribution in [0.4, 0.5) is 0 Å². The quantitative estimate of drug-likeness (QED) is 0.731. The van der Waals surface area contributed by atoms with Crippen molar-refractivity contribution < 1.29 is 4.74 Å². The summed E-state index contributed by atoms with van der Waals surface area (Å²) in [6, 6.07) is 8.59. The Hall–Kier alpha value is -0.470. The van der Waals surface area contributed by atoms with E-state index >= 15 is 0 Å². The fourth-order valence-corrected chi connectivity index (χ4v) is 2.41. The molecule has 1 aliphatic heterocycles. The smallest absolute Gasteiger partial charge is 0.0608 e. The van der Waals surface area contributed by atoms with E-state index in [-0.39, 0.29) is 0 Å². The minimum Gasteiger partial charge on any atom is -0.379 e. The van der Waals surface area contributed by atoms with E-state index in [1.165, 1.54) is 11.1 Å². The molecular weight excluding hydrogens is 180 g/mol. The highest BCUT2D eigenvalue weighted by atomic mass is 32.2. The molecule has 0 bridgehead atoms. The lowest BCUT2D eigenvalue weighted by Gasteiger charge is -2.25. The fraction of sp³-hybridized carbons (Fsp3) is 0.455. The summed E-state index contributed by atoms with van der Waals surface area (Å²) >= 11 is 2.01. The Kier molecular flexibility index (Phi) is 2.91. The van der Waals surface area contributed by atoms with Crippen molar-refractivity contribution in [1.82, 2.24) is 0 Å². The molecule has 2 heteroatoms. The van der Waals surface area contributed by atoms with Gasteiger partial charge in [0, 0.05) is 5.75 Å². The zero-order chi connectivity index (χ0) is 9.10. The normalized spacial score (nSPS) is 17.0. The largest absolute Gasteiger partial charge is 0.379 e. The van der Waals surface area contributed by atoms with Gasteiger partial charge in [0.1, 0.15) is 0 Å². The van der Waals surface area contributed by atoms with E-state index in [2.05, 4.69) is 31.2 Å². The standard InChI is InChI=1S/C11H14OS/c1-9-4-2-3-5-10(9)8-13-11-6-12-7-11/h2-5,11H,6-8H2,1H3. The number of rotatable bonds is 3. The van der Waals surface area contributed by atoms with Crippen LogP contribution in [0.2, 0.25) is 0 Å². The van der Waals surface area contributed by atoms with E-state index in [0.717, 1.165) is 24.2 Å². The predicted octanol–water partition coefficient (Wildman–Crippen LogP) is 2.63. The molecule has 2 rings (SSSR count). The van der Waals surface area contributed by atoms with Crippen molar-refractivity contribution in [2.45, 2.75) is 17.9 Å². The van der Waals surface area contributed by atoms with Gasteiger partial charge in [0.05, 0.1) is 18.5 Å². The molecule has 1 aliphatic rings. The topological polar surface area (TPSA) is 9.23 Å². The van der Waals surface area contributed by atoms with Crippen LogP contribution in [0.15, 0.2) is 24.3 Å². The zero-order valence-electron chi connectivity index (χ0n) is 7.82. The Morgan fingerprint density at radius 2 is 2.15 bits per heavy atom. The average molecular weight is 194 g/mol. The second-order valence-electron chi connectivity index (χ2n) is 3.40. The fourth-order valence-electron chi connectivity index (χ4n) is 1.29.